The number of hydrogen-bond acceptors (Lipinski definition) is 6. The third-order valence-corrected chi connectivity index (χ3v) is 4.50. The molecule has 1 atom stereocenters. The third kappa shape index (κ3) is 2.34. The van der Waals surface area contributed by atoms with Gasteiger partial charge < -0.3 is 4.90 Å². The van der Waals surface area contributed by atoms with Gasteiger partial charge in [0.15, 0.2) is 5.65 Å². The van der Waals surface area contributed by atoms with E-state index in [0.29, 0.717) is 6.04 Å². The first-order valence-corrected chi connectivity index (χ1v) is 7.91. The molecule has 3 aromatic rings. The molecule has 0 spiro atoms. The fraction of sp³-hybridized carbons (Fsp3) is 0.533. The summed E-state index contributed by atoms with van der Waals surface area (Å²) in [4.78, 5) is 15.6. The molecular weight excluding hydrogens is 292 g/mol. The molecule has 8 heteroatoms. The first kappa shape index (κ1) is 14.1. The van der Waals surface area contributed by atoms with Gasteiger partial charge in [0.2, 0.25) is 0 Å². The molecule has 0 bridgehead atoms. The van der Waals surface area contributed by atoms with E-state index < -0.39 is 0 Å². The molecule has 1 saturated heterocycles. The minimum absolute atomic E-state index is 0.369. The fourth-order valence-electron chi connectivity index (χ4n) is 3.42. The molecule has 120 valence electrons. The molecule has 8 nitrogen and oxygen atoms in total. The van der Waals surface area contributed by atoms with Crippen molar-refractivity contribution < 1.29 is 0 Å². The Morgan fingerprint density at radius 2 is 2.13 bits per heavy atom. The highest BCUT2D eigenvalue weighted by Crippen LogP contribution is 2.29. The van der Waals surface area contributed by atoms with Crippen LogP contribution in [0.3, 0.4) is 0 Å². The first-order valence-electron chi connectivity index (χ1n) is 7.91. The second-order valence-corrected chi connectivity index (χ2v) is 6.08. The molecule has 0 aromatic carbocycles. The van der Waals surface area contributed by atoms with Crippen molar-refractivity contribution in [3.05, 3.63) is 24.2 Å². The highest BCUT2D eigenvalue weighted by molar-refractivity contribution is 5.86. The predicted molar refractivity (Wildman–Crippen MR) is 86.2 cm³/mol. The summed E-state index contributed by atoms with van der Waals surface area (Å²) in [7, 11) is 1.90. The SMILES string of the molecule is Cc1nc(C)n(C[C@H]2CCCN2c2ncnc3c2cnn3C)n1. The van der Waals surface area contributed by atoms with Gasteiger partial charge in [0, 0.05) is 13.6 Å². The maximum atomic E-state index is 4.54. The quantitative estimate of drug-likeness (QED) is 0.724. The summed E-state index contributed by atoms with van der Waals surface area (Å²) in [6, 6.07) is 0.369. The van der Waals surface area contributed by atoms with E-state index in [4.69, 9.17) is 0 Å². The van der Waals surface area contributed by atoms with Crippen molar-refractivity contribution in [3.63, 3.8) is 0 Å². The van der Waals surface area contributed by atoms with Gasteiger partial charge in [-0.2, -0.15) is 10.2 Å². The Labute approximate surface area is 134 Å². The average Bonchev–Trinajstić information content (AvgIpc) is 3.21. The lowest BCUT2D eigenvalue weighted by atomic mass is 10.2. The predicted octanol–water partition coefficient (Wildman–Crippen LogP) is 1.24. The standard InChI is InChI=1S/C15H20N8/c1-10-19-11(2)23(20-10)8-12-5-4-6-22(12)15-13-7-18-21(3)14(13)16-9-17-15/h7,9,12H,4-6,8H2,1-3H3/t12-/m1/s1. The number of nitrogens with zero attached hydrogens (tertiary/aromatic N) is 8. The smallest absolute Gasteiger partial charge is 0.163 e. The Kier molecular flexibility index (Phi) is 3.24. The van der Waals surface area contributed by atoms with E-state index in [2.05, 4.69) is 30.0 Å². The van der Waals surface area contributed by atoms with E-state index in [1.165, 1.54) is 0 Å². The molecule has 1 aliphatic heterocycles. The van der Waals surface area contributed by atoms with Crippen LogP contribution in [0.5, 0.6) is 0 Å². The van der Waals surface area contributed by atoms with Crippen LogP contribution < -0.4 is 4.90 Å². The van der Waals surface area contributed by atoms with Crippen LogP contribution >= 0.6 is 0 Å². The lowest BCUT2D eigenvalue weighted by Crippen LogP contribution is -2.34. The molecule has 1 aliphatic rings. The zero-order valence-electron chi connectivity index (χ0n) is 13.6. The van der Waals surface area contributed by atoms with E-state index in [1.54, 1.807) is 11.0 Å². The summed E-state index contributed by atoms with van der Waals surface area (Å²) in [6.45, 7) is 5.76. The summed E-state index contributed by atoms with van der Waals surface area (Å²) in [5, 5.41) is 9.82. The second kappa shape index (κ2) is 5.29. The molecule has 4 rings (SSSR count). The number of hydrogen-bond donors (Lipinski definition) is 0. The molecule has 3 aromatic heterocycles. The van der Waals surface area contributed by atoms with Crippen LogP contribution in [0.1, 0.15) is 24.5 Å². The number of anilines is 1. The lowest BCUT2D eigenvalue weighted by Gasteiger charge is -2.26. The summed E-state index contributed by atoms with van der Waals surface area (Å²) < 4.78 is 3.79. The van der Waals surface area contributed by atoms with Gasteiger partial charge >= 0.3 is 0 Å². The van der Waals surface area contributed by atoms with Crippen LogP contribution in [0.25, 0.3) is 11.0 Å². The van der Waals surface area contributed by atoms with Crippen molar-refractivity contribution in [1.82, 2.24) is 34.5 Å². The Bertz CT molecular complexity index is 848. The van der Waals surface area contributed by atoms with Crippen LogP contribution in [0.2, 0.25) is 0 Å². The molecule has 0 amide bonds. The molecule has 0 aliphatic carbocycles. The van der Waals surface area contributed by atoms with Crippen molar-refractivity contribution in [2.45, 2.75) is 39.3 Å². The first-order chi connectivity index (χ1) is 11.1. The highest BCUT2D eigenvalue weighted by atomic mass is 15.4. The van der Waals surface area contributed by atoms with Gasteiger partial charge in [-0.15, -0.1) is 0 Å². The molecule has 1 fully saturated rings. The van der Waals surface area contributed by atoms with E-state index >= 15 is 0 Å². The van der Waals surface area contributed by atoms with Crippen molar-refractivity contribution in [2.24, 2.45) is 7.05 Å². The monoisotopic (exact) mass is 312 g/mol. The van der Waals surface area contributed by atoms with Gasteiger partial charge in [0.25, 0.3) is 0 Å². The minimum Gasteiger partial charge on any atom is -0.351 e. The van der Waals surface area contributed by atoms with E-state index in [9.17, 15) is 0 Å². The molecule has 0 unspecified atom stereocenters. The van der Waals surface area contributed by atoms with Crippen LogP contribution in [0.4, 0.5) is 5.82 Å². The summed E-state index contributed by atoms with van der Waals surface area (Å²) in [6.07, 6.45) is 5.76. The van der Waals surface area contributed by atoms with E-state index in [1.807, 2.05) is 31.8 Å². The molecule has 0 N–H and O–H groups in total. The fourth-order valence-corrected chi connectivity index (χ4v) is 3.42. The average molecular weight is 312 g/mol. The third-order valence-electron chi connectivity index (χ3n) is 4.50. The molecule has 23 heavy (non-hydrogen) atoms. The van der Waals surface area contributed by atoms with Gasteiger partial charge in [-0.25, -0.2) is 19.6 Å². The normalized spacial score (nSPS) is 18.2. The number of fused-ring (bicyclic) bond motifs is 1. The largest absolute Gasteiger partial charge is 0.351 e. The zero-order chi connectivity index (χ0) is 16.0. The summed E-state index contributed by atoms with van der Waals surface area (Å²) in [5.74, 6) is 2.76. The number of rotatable bonds is 3. The lowest BCUT2D eigenvalue weighted by molar-refractivity contribution is 0.495. The van der Waals surface area contributed by atoms with Crippen molar-refractivity contribution in [1.29, 1.82) is 0 Å². The minimum atomic E-state index is 0.369. The van der Waals surface area contributed by atoms with E-state index in [-0.39, 0.29) is 0 Å². The summed E-state index contributed by atoms with van der Waals surface area (Å²) >= 11 is 0. The van der Waals surface area contributed by atoms with Gasteiger partial charge in [-0.05, 0) is 26.7 Å². The Morgan fingerprint density at radius 1 is 1.26 bits per heavy atom. The summed E-state index contributed by atoms with van der Waals surface area (Å²) in [5.41, 5.74) is 0.869. The van der Waals surface area contributed by atoms with E-state index in [0.717, 1.165) is 54.4 Å². The van der Waals surface area contributed by atoms with Gasteiger partial charge in [0.1, 0.15) is 23.8 Å². The zero-order valence-corrected chi connectivity index (χ0v) is 13.6. The Balaban J connectivity index is 1.68. The Hall–Kier alpha value is -2.51. The highest BCUT2D eigenvalue weighted by Gasteiger charge is 2.28. The molecule has 0 radical (unpaired) electrons. The second-order valence-electron chi connectivity index (χ2n) is 6.08. The molecule has 0 saturated carbocycles. The van der Waals surface area contributed by atoms with Crippen LogP contribution in [0, 0.1) is 13.8 Å². The molecule has 4 heterocycles. The Morgan fingerprint density at radius 3 is 2.91 bits per heavy atom. The van der Waals surface area contributed by atoms with Crippen molar-refractivity contribution in [3.8, 4) is 0 Å². The maximum absolute atomic E-state index is 4.54. The number of aryl methyl sites for hydroxylation is 3. The van der Waals surface area contributed by atoms with Crippen molar-refractivity contribution >= 4 is 16.9 Å². The molecular formula is C15H20N8. The van der Waals surface area contributed by atoms with Gasteiger partial charge in [-0.3, -0.25) is 4.68 Å². The number of aromatic nitrogens is 7. The van der Waals surface area contributed by atoms with Crippen molar-refractivity contribution in [2.75, 3.05) is 11.4 Å². The van der Waals surface area contributed by atoms with Crippen LogP contribution in [0.15, 0.2) is 12.5 Å². The van der Waals surface area contributed by atoms with Gasteiger partial charge in [-0.1, -0.05) is 0 Å². The van der Waals surface area contributed by atoms with Gasteiger partial charge in [0.05, 0.1) is 24.2 Å². The van der Waals surface area contributed by atoms with Crippen LogP contribution in [-0.2, 0) is 13.6 Å². The topological polar surface area (TPSA) is 77.5 Å². The maximum Gasteiger partial charge on any atom is 0.163 e. The van der Waals surface area contributed by atoms with Crippen LogP contribution in [-0.4, -0.2) is 47.1 Å².